The van der Waals surface area contributed by atoms with Crippen molar-refractivity contribution in [1.29, 1.82) is 0 Å². The third-order valence-corrected chi connectivity index (χ3v) is 4.46. The summed E-state index contributed by atoms with van der Waals surface area (Å²) in [5.74, 6) is -0.784. The third kappa shape index (κ3) is 3.34. The molecule has 6 nitrogen and oxygen atoms in total. The van der Waals surface area contributed by atoms with Crippen LogP contribution >= 0.6 is 23.2 Å². The molecule has 3 N–H and O–H groups in total. The van der Waals surface area contributed by atoms with Crippen LogP contribution in [0, 0.1) is 0 Å². The number of aryl methyl sites for hydroxylation is 1. The molecule has 2 heterocycles. The zero-order chi connectivity index (χ0) is 18.8. The highest BCUT2D eigenvalue weighted by Crippen LogP contribution is 2.37. The van der Waals surface area contributed by atoms with Gasteiger partial charge in [0.1, 0.15) is 12.1 Å². The van der Waals surface area contributed by atoms with Crippen LogP contribution in [0.15, 0.2) is 36.8 Å². The lowest BCUT2D eigenvalue weighted by Gasteiger charge is -2.14. The van der Waals surface area contributed by atoms with Gasteiger partial charge in [0, 0.05) is 22.9 Å². The second-order valence-corrected chi connectivity index (χ2v) is 6.30. The summed E-state index contributed by atoms with van der Waals surface area (Å²) < 4.78 is 0. The summed E-state index contributed by atoms with van der Waals surface area (Å²) in [6.07, 6.45) is 3.77. The number of rotatable bonds is 4. The van der Waals surface area contributed by atoms with Crippen molar-refractivity contribution < 1.29 is 9.90 Å². The lowest BCUT2D eigenvalue weighted by atomic mass is 9.97. The molecule has 132 valence electrons. The van der Waals surface area contributed by atoms with E-state index in [1.54, 1.807) is 12.3 Å². The maximum absolute atomic E-state index is 11.3. The summed E-state index contributed by atoms with van der Waals surface area (Å²) >= 11 is 12.3. The molecule has 0 atom stereocenters. The quantitative estimate of drug-likeness (QED) is 0.688. The molecule has 8 heteroatoms. The van der Waals surface area contributed by atoms with Crippen LogP contribution in [0.25, 0.3) is 22.4 Å². The van der Waals surface area contributed by atoms with Gasteiger partial charge in [-0.2, -0.15) is 0 Å². The van der Waals surface area contributed by atoms with E-state index in [9.17, 15) is 9.90 Å². The second kappa shape index (κ2) is 7.27. The highest BCUT2D eigenvalue weighted by molar-refractivity contribution is 6.39. The van der Waals surface area contributed by atoms with Crippen molar-refractivity contribution in [2.24, 2.45) is 0 Å². The minimum Gasteiger partial charge on any atom is -0.478 e. The molecular weight excluding hydrogens is 375 g/mol. The fourth-order valence-electron chi connectivity index (χ4n) is 2.68. The molecule has 0 aliphatic heterocycles. The number of nitrogen functional groups attached to an aromatic ring is 1. The standard InChI is InChI=1S/C18H14Cl2N4O2/c1-2-13-15(9-3-4-14(21)22-7-9)17(24-8-23-13)10-5-11(19)16(18(25)26)12(20)6-10/h3-8H,2H2,1H3,(H2,21,22)(H,25,26). The summed E-state index contributed by atoms with van der Waals surface area (Å²) in [6.45, 7) is 1.98. The Hall–Kier alpha value is -2.70. The van der Waals surface area contributed by atoms with Gasteiger partial charge >= 0.3 is 5.97 Å². The Morgan fingerprint density at radius 3 is 2.35 bits per heavy atom. The summed E-state index contributed by atoms with van der Waals surface area (Å²) in [5, 5.41) is 9.31. The molecule has 0 spiro atoms. The Labute approximate surface area is 159 Å². The first-order chi connectivity index (χ1) is 12.4. The van der Waals surface area contributed by atoms with Gasteiger partial charge in [-0.05, 0) is 30.7 Å². The van der Waals surface area contributed by atoms with Crippen molar-refractivity contribution in [3.8, 4) is 22.4 Å². The number of nitrogens with zero attached hydrogens (tertiary/aromatic N) is 3. The van der Waals surface area contributed by atoms with Crippen molar-refractivity contribution in [3.63, 3.8) is 0 Å². The molecule has 0 bridgehead atoms. The molecule has 0 saturated carbocycles. The average Bonchev–Trinajstić information content (AvgIpc) is 2.60. The van der Waals surface area contributed by atoms with Crippen LogP contribution in [0.1, 0.15) is 23.0 Å². The first-order valence-corrected chi connectivity index (χ1v) is 8.46. The van der Waals surface area contributed by atoms with Gasteiger partial charge in [-0.1, -0.05) is 30.1 Å². The maximum Gasteiger partial charge on any atom is 0.338 e. The van der Waals surface area contributed by atoms with Crippen LogP contribution in [0.5, 0.6) is 0 Å². The Balaban J connectivity index is 2.26. The van der Waals surface area contributed by atoms with Crippen molar-refractivity contribution in [3.05, 3.63) is 58.1 Å². The summed E-state index contributed by atoms with van der Waals surface area (Å²) in [6, 6.07) is 6.59. The molecule has 26 heavy (non-hydrogen) atoms. The molecule has 0 fully saturated rings. The molecule has 0 amide bonds. The van der Waals surface area contributed by atoms with Crippen LogP contribution in [-0.4, -0.2) is 26.0 Å². The minimum absolute atomic E-state index is 0.0399. The van der Waals surface area contributed by atoms with Gasteiger partial charge in [-0.3, -0.25) is 0 Å². The smallest absolute Gasteiger partial charge is 0.338 e. The minimum atomic E-state index is -1.19. The molecule has 0 saturated heterocycles. The van der Waals surface area contributed by atoms with Gasteiger partial charge in [-0.25, -0.2) is 19.7 Å². The SMILES string of the molecule is CCc1ncnc(-c2cc(Cl)c(C(=O)O)c(Cl)c2)c1-c1ccc(N)nc1. The van der Waals surface area contributed by atoms with E-state index in [4.69, 9.17) is 28.9 Å². The molecule has 0 unspecified atom stereocenters. The van der Waals surface area contributed by atoms with E-state index in [0.717, 1.165) is 16.8 Å². The van der Waals surface area contributed by atoms with Crippen LogP contribution in [0.3, 0.4) is 0 Å². The molecule has 2 aromatic heterocycles. The molecule has 3 aromatic rings. The summed E-state index contributed by atoms with van der Waals surface area (Å²) in [4.78, 5) is 24.1. The van der Waals surface area contributed by atoms with Gasteiger partial charge in [0.2, 0.25) is 0 Å². The van der Waals surface area contributed by atoms with E-state index < -0.39 is 5.97 Å². The van der Waals surface area contributed by atoms with Crippen molar-refractivity contribution in [2.45, 2.75) is 13.3 Å². The normalized spacial score (nSPS) is 10.7. The van der Waals surface area contributed by atoms with E-state index >= 15 is 0 Å². The van der Waals surface area contributed by atoms with Gasteiger partial charge in [0.25, 0.3) is 0 Å². The number of hydrogen-bond donors (Lipinski definition) is 2. The van der Waals surface area contributed by atoms with Crippen LogP contribution in [-0.2, 0) is 6.42 Å². The first-order valence-electron chi connectivity index (χ1n) is 7.70. The third-order valence-electron chi connectivity index (χ3n) is 3.87. The number of anilines is 1. The second-order valence-electron chi connectivity index (χ2n) is 5.49. The Bertz CT molecular complexity index is 968. The lowest BCUT2D eigenvalue weighted by molar-refractivity contribution is 0.0697. The zero-order valence-corrected chi connectivity index (χ0v) is 15.2. The number of pyridine rings is 1. The number of halogens is 2. The van der Waals surface area contributed by atoms with Gasteiger partial charge in [0.15, 0.2) is 0 Å². The van der Waals surface area contributed by atoms with E-state index in [1.165, 1.54) is 18.5 Å². The fraction of sp³-hybridized carbons (Fsp3) is 0.111. The number of aromatic nitrogens is 3. The maximum atomic E-state index is 11.3. The van der Waals surface area contributed by atoms with E-state index in [2.05, 4.69) is 15.0 Å². The number of carbonyl (C=O) groups is 1. The fourth-order valence-corrected chi connectivity index (χ4v) is 3.33. The number of carboxylic acids is 1. The number of carboxylic acid groups (broad SMARTS) is 1. The molecular formula is C18H14Cl2N4O2. The monoisotopic (exact) mass is 388 g/mol. The van der Waals surface area contributed by atoms with E-state index in [0.29, 0.717) is 23.5 Å². The van der Waals surface area contributed by atoms with Crippen LogP contribution in [0.2, 0.25) is 10.0 Å². The number of nitrogens with two attached hydrogens (primary N) is 1. The summed E-state index contributed by atoms with van der Waals surface area (Å²) in [5.41, 5.74) is 9.10. The molecule has 0 aliphatic rings. The molecule has 3 rings (SSSR count). The Kier molecular flexibility index (Phi) is 5.06. The summed E-state index contributed by atoms with van der Waals surface area (Å²) in [7, 11) is 0. The van der Waals surface area contributed by atoms with Gasteiger partial charge < -0.3 is 10.8 Å². The molecule has 0 radical (unpaired) electrons. The predicted molar refractivity (Wildman–Crippen MR) is 101 cm³/mol. The Morgan fingerprint density at radius 1 is 1.12 bits per heavy atom. The van der Waals surface area contributed by atoms with Crippen molar-refractivity contribution in [1.82, 2.24) is 15.0 Å². The number of aromatic carboxylic acids is 1. The van der Waals surface area contributed by atoms with Crippen molar-refractivity contribution >= 4 is 35.0 Å². The largest absolute Gasteiger partial charge is 0.478 e. The van der Waals surface area contributed by atoms with Crippen LogP contribution < -0.4 is 5.73 Å². The number of hydrogen-bond acceptors (Lipinski definition) is 5. The highest BCUT2D eigenvalue weighted by Gasteiger charge is 2.19. The zero-order valence-electron chi connectivity index (χ0n) is 13.7. The Morgan fingerprint density at radius 2 is 1.81 bits per heavy atom. The highest BCUT2D eigenvalue weighted by atomic mass is 35.5. The topological polar surface area (TPSA) is 102 Å². The molecule has 1 aromatic carbocycles. The van der Waals surface area contributed by atoms with Gasteiger partial charge in [-0.15, -0.1) is 0 Å². The van der Waals surface area contributed by atoms with Crippen molar-refractivity contribution in [2.75, 3.05) is 5.73 Å². The van der Waals surface area contributed by atoms with Gasteiger partial charge in [0.05, 0.1) is 27.0 Å². The predicted octanol–water partition coefficient (Wildman–Crippen LogP) is 4.36. The molecule has 0 aliphatic carbocycles. The first kappa shape index (κ1) is 18.1. The average molecular weight is 389 g/mol. The lowest BCUT2D eigenvalue weighted by Crippen LogP contribution is -2.02. The van der Waals surface area contributed by atoms with E-state index in [-0.39, 0.29) is 15.6 Å². The van der Waals surface area contributed by atoms with Crippen LogP contribution in [0.4, 0.5) is 5.82 Å². The van der Waals surface area contributed by atoms with E-state index in [1.807, 2.05) is 13.0 Å². The number of benzene rings is 1.